The van der Waals surface area contributed by atoms with Crippen LogP contribution in [0.15, 0.2) is 22.7 Å². The fraction of sp³-hybridized carbons (Fsp3) is 0.333. The number of hydrogen-bond donors (Lipinski definition) is 2. The number of thioether (sulfide) groups is 1. The fourth-order valence-corrected chi connectivity index (χ4v) is 2.25. The molecule has 19 heavy (non-hydrogen) atoms. The molecule has 0 aliphatic heterocycles. The number of rotatable bonds is 6. The molecular formula is C12H13BrFNO3S. The third-order valence-electron chi connectivity index (χ3n) is 2.41. The zero-order valence-corrected chi connectivity index (χ0v) is 12.6. The molecule has 0 heterocycles. The second-order valence-corrected chi connectivity index (χ2v) is 5.59. The standard InChI is InChI=1S/C12H13BrFNO3S/c1-19-6-5-9(12(17)18)15-11(16)7-3-2-4-8(13)10(7)14/h2-4,9H,5-6H2,1H3,(H,15,16)(H,17,18)/t9-/m1/s1. The van der Waals surface area contributed by atoms with Crippen molar-refractivity contribution in [3.05, 3.63) is 34.1 Å². The molecule has 0 aliphatic rings. The van der Waals surface area contributed by atoms with Crippen LogP contribution in [0.1, 0.15) is 16.8 Å². The lowest BCUT2D eigenvalue weighted by Crippen LogP contribution is -2.41. The van der Waals surface area contributed by atoms with Gasteiger partial charge in [-0.3, -0.25) is 4.79 Å². The van der Waals surface area contributed by atoms with E-state index in [9.17, 15) is 14.0 Å². The highest BCUT2D eigenvalue weighted by Crippen LogP contribution is 2.18. The van der Waals surface area contributed by atoms with Gasteiger partial charge in [-0.1, -0.05) is 6.07 Å². The maximum Gasteiger partial charge on any atom is 0.326 e. The van der Waals surface area contributed by atoms with Gasteiger partial charge in [0.15, 0.2) is 0 Å². The van der Waals surface area contributed by atoms with Gasteiger partial charge in [0.05, 0.1) is 10.0 Å². The maximum atomic E-state index is 13.7. The van der Waals surface area contributed by atoms with Crippen LogP contribution in [0.4, 0.5) is 4.39 Å². The molecule has 1 aromatic carbocycles. The summed E-state index contributed by atoms with van der Waals surface area (Å²) in [6.07, 6.45) is 2.13. The van der Waals surface area contributed by atoms with E-state index in [-0.39, 0.29) is 16.5 Å². The van der Waals surface area contributed by atoms with Gasteiger partial charge in [-0.2, -0.15) is 11.8 Å². The highest BCUT2D eigenvalue weighted by Gasteiger charge is 2.22. The van der Waals surface area contributed by atoms with Crippen molar-refractivity contribution in [3.63, 3.8) is 0 Å². The van der Waals surface area contributed by atoms with E-state index in [0.29, 0.717) is 5.75 Å². The van der Waals surface area contributed by atoms with E-state index >= 15 is 0 Å². The van der Waals surface area contributed by atoms with Crippen molar-refractivity contribution in [2.24, 2.45) is 0 Å². The Labute approximate surface area is 122 Å². The summed E-state index contributed by atoms with van der Waals surface area (Å²) in [5.74, 6) is -1.96. The second kappa shape index (κ2) is 7.49. The van der Waals surface area contributed by atoms with Crippen LogP contribution in [0.3, 0.4) is 0 Å². The molecule has 0 bridgehead atoms. The lowest BCUT2D eigenvalue weighted by molar-refractivity contribution is -0.139. The van der Waals surface area contributed by atoms with Crippen molar-refractivity contribution in [2.45, 2.75) is 12.5 Å². The van der Waals surface area contributed by atoms with Gasteiger partial charge in [0.1, 0.15) is 11.9 Å². The number of hydrogen-bond acceptors (Lipinski definition) is 3. The molecule has 0 fully saturated rings. The Bertz CT molecular complexity index is 484. The minimum Gasteiger partial charge on any atom is -0.480 e. The lowest BCUT2D eigenvalue weighted by atomic mass is 10.1. The predicted octanol–water partition coefficient (Wildman–Crippen LogP) is 2.52. The van der Waals surface area contributed by atoms with Gasteiger partial charge in [-0.25, -0.2) is 9.18 Å². The molecule has 0 aromatic heterocycles. The van der Waals surface area contributed by atoms with E-state index in [1.165, 1.54) is 30.0 Å². The van der Waals surface area contributed by atoms with Crippen LogP contribution >= 0.6 is 27.7 Å². The van der Waals surface area contributed by atoms with Gasteiger partial charge in [-0.15, -0.1) is 0 Å². The summed E-state index contributed by atoms with van der Waals surface area (Å²) >= 11 is 4.46. The van der Waals surface area contributed by atoms with Crippen LogP contribution in [0.5, 0.6) is 0 Å². The molecule has 4 nitrogen and oxygen atoms in total. The number of benzene rings is 1. The van der Waals surface area contributed by atoms with Crippen molar-refractivity contribution >= 4 is 39.6 Å². The molecular weight excluding hydrogens is 337 g/mol. The van der Waals surface area contributed by atoms with Crippen LogP contribution in [0, 0.1) is 5.82 Å². The average Bonchev–Trinajstić information content (AvgIpc) is 2.37. The molecule has 0 unspecified atom stereocenters. The SMILES string of the molecule is CSCC[C@@H](NC(=O)c1cccc(Br)c1F)C(=O)O. The van der Waals surface area contributed by atoms with Crippen molar-refractivity contribution in [1.29, 1.82) is 0 Å². The number of amides is 1. The molecule has 104 valence electrons. The summed E-state index contributed by atoms with van der Waals surface area (Å²) in [4.78, 5) is 22.9. The van der Waals surface area contributed by atoms with Gasteiger partial charge < -0.3 is 10.4 Å². The van der Waals surface area contributed by atoms with Crippen LogP contribution in [0.25, 0.3) is 0 Å². The molecule has 0 saturated carbocycles. The topological polar surface area (TPSA) is 66.4 Å². The lowest BCUT2D eigenvalue weighted by Gasteiger charge is -2.14. The average molecular weight is 350 g/mol. The number of aliphatic carboxylic acids is 1. The summed E-state index contributed by atoms with van der Waals surface area (Å²) in [5, 5.41) is 11.3. The summed E-state index contributed by atoms with van der Waals surface area (Å²) < 4.78 is 13.9. The normalized spacial score (nSPS) is 11.9. The highest BCUT2D eigenvalue weighted by molar-refractivity contribution is 9.10. The first kappa shape index (κ1) is 16.0. The third kappa shape index (κ3) is 4.50. The number of carboxylic acids is 1. The van der Waals surface area contributed by atoms with Crippen LogP contribution in [-0.2, 0) is 4.79 Å². The van der Waals surface area contributed by atoms with Gasteiger partial charge in [0.25, 0.3) is 5.91 Å². The summed E-state index contributed by atoms with van der Waals surface area (Å²) in [6, 6.07) is 3.27. The molecule has 1 aromatic rings. The van der Waals surface area contributed by atoms with Gasteiger partial charge in [0, 0.05) is 0 Å². The number of halogens is 2. The van der Waals surface area contributed by atoms with E-state index < -0.39 is 23.7 Å². The van der Waals surface area contributed by atoms with Crippen LogP contribution < -0.4 is 5.32 Å². The first-order chi connectivity index (χ1) is 8.97. The first-order valence-corrected chi connectivity index (χ1v) is 7.62. The van der Waals surface area contributed by atoms with Gasteiger partial charge in [0.2, 0.25) is 0 Å². The van der Waals surface area contributed by atoms with E-state index in [4.69, 9.17) is 5.11 Å². The summed E-state index contributed by atoms with van der Waals surface area (Å²) in [5.41, 5.74) is -0.176. The Morgan fingerprint density at radius 3 is 2.79 bits per heavy atom. The zero-order chi connectivity index (χ0) is 14.4. The molecule has 0 radical (unpaired) electrons. The minimum absolute atomic E-state index is 0.163. The Kier molecular flexibility index (Phi) is 6.30. The van der Waals surface area contributed by atoms with Crippen LogP contribution in [0.2, 0.25) is 0 Å². The van der Waals surface area contributed by atoms with Crippen molar-refractivity contribution in [2.75, 3.05) is 12.0 Å². The molecule has 0 spiro atoms. The van der Waals surface area contributed by atoms with E-state index in [2.05, 4.69) is 21.2 Å². The molecule has 2 N–H and O–H groups in total. The van der Waals surface area contributed by atoms with Crippen molar-refractivity contribution < 1.29 is 19.1 Å². The number of carboxylic acid groups (broad SMARTS) is 1. The Hall–Kier alpha value is -1.08. The first-order valence-electron chi connectivity index (χ1n) is 5.44. The second-order valence-electron chi connectivity index (χ2n) is 3.75. The van der Waals surface area contributed by atoms with Gasteiger partial charge in [-0.05, 0) is 46.5 Å². The summed E-state index contributed by atoms with van der Waals surface area (Å²) in [6.45, 7) is 0. The zero-order valence-electron chi connectivity index (χ0n) is 10.2. The van der Waals surface area contributed by atoms with Crippen molar-refractivity contribution in [1.82, 2.24) is 5.32 Å². The Morgan fingerprint density at radius 2 is 2.21 bits per heavy atom. The van der Waals surface area contributed by atoms with E-state index in [1.807, 2.05) is 6.26 Å². The molecule has 0 aliphatic carbocycles. The highest BCUT2D eigenvalue weighted by atomic mass is 79.9. The number of carbonyl (C=O) groups is 2. The van der Waals surface area contributed by atoms with Gasteiger partial charge >= 0.3 is 5.97 Å². The third-order valence-corrected chi connectivity index (χ3v) is 3.67. The minimum atomic E-state index is -1.13. The Morgan fingerprint density at radius 1 is 1.53 bits per heavy atom. The maximum absolute atomic E-state index is 13.7. The largest absolute Gasteiger partial charge is 0.480 e. The number of carbonyl (C=O) groups excluding carboxylic acids is 1. The number of nitrogens with one attached hydrogen (secondary N) is 1. The van der Waals surface area contributed by atoms with E-state index in [0.717, 1.165) is 0 Å². The molecule has 1 amide bonds. The summed E-state index contributed by atoms with van der Waals surface area (Å²) in [7, 11) is 0. The van der Waals surface area contributed by atoms with E-state index in [1.54, 1.807) is 0 Å². The monoisotopic (exact) mass is 349 g/mol. The predicted molar refractivity (Wildman–Crippen MR) is 76.0 cm³/mol. The fourth-order valence-electron chi connectivity index (χ4n) is 1.41. The molecule has 0 saturated heterocycles. The molecule has 1 atom stereocenters. The Balaban J connectivity index is 2.82. The molecule has 7 heteroatoms. The van der Waals surface area contributed by atoms with Crippen LogP contribution in [-0.4, -0.2) is 35.0 Å². The quantitative estimate of drug-likeness (QED) is 0.828. The van der Waals surface area contributed by atoms with Crippen molar-refractivity contribution in [3.8, 4) is 0 Å². The molecule has 1 rings (SSSR count). The smallest absolute Gasteiger partial charge is 0.326 e.